The minimum absolute atomic E-state index is 0. The molecule has 1 fully saturated rings. The highest BCUT2D eigenvalue weighted by Gasteiger charge is 2.23. The standard InChI is InChI=1S/C20H30N2O3S.ClH/c1-20(2,3)15-7-5-14(6-8-15)17(12-19(24)25-4)22-18(23)11-16-13-26-10-9-21-16;/h5-8,16-17,21H,9-13H2,1-4H3,(H,22,23);1H. The van der Waals surface area contributed by atoms with Gasteiger partial charge in [-0.2, -0.15) is 11.8 Å². The molecule has 0 radical (unpaired) electrons. The summed E-state index contributed by atoms with van der Waals surface area (Å²) in [6, 6.07) is 7.92. The average molecular weight is 415 g/mol. The van der Waals surface area contributed by atoms with Crippen molar-refractivity contribution in [3.63, 3.8) is 0 Å². The van der Waals surface area contributed by atoms with Gasteiger partial charge in [-0.25, -0.2) is 0 Å². The lowest BCUT2D eigenvalue weighted by Gasteiger charge is -2.25. The molecule has 2 atom stereocenters. The summed E-state index contributed by atoms with van der Waals surface area (Å²) in [7, 11) is 1.37. The van der Waals surface area contributed by atoms with E-state index in [9.17, 15) is 9.59 Å². The van der Waals surface area contributed by atoms with Gasteiger partial charge in [-0.3, -0.25) is 9.59 Å². The summed E-state index contributed by atoms with van der Waals surface area (Å²) in [5, 5.41) is 6.38. The number of halogens is 1. The fourth-order valence-corrected chi connectivity index (χ4v) is 3.89. The van der Waals surface area contributed by atoms with Gasteiger partial charge in [0.05, 0.1) is 19.6 Å². The van der Waals surface area contributed by atoms with E-state index < -0.39 is 0 Å². The lowest BCUT2D eigenvalue weighted by molar-refractivity contribution is -0.141. The van der Waals surface area contributed by atoms with Gasteiger partial charge in [-0.1, -0.05) is 45.0 Å². The van der Waals surface area contributed by atoms with Crippen LogP contribution in [0.25, 0.3) is 0 Å². The second-order valence-electron chi connectivity index (χ2n) is 7.70. The molecule has 27 heavy (non-hydrogen) atoms. The Kier molecular flexibility index (Phi) is 9.63. The molecule has 0 aliphatic carbocycles. The Morgan fingerprint density at radius 1 is 1.30 bits per heavy atom. The van der Waals surface area contributed by atoms with E-state index in [1.807, 2.05) is 23.9 Å². The monoisotopic (exact) mass is 414 g/mol. The van der Waals surface area contributed by atoms with Crippen LogP contribution in [0.4, 0.5) is 0 Å². The van der Waals surface area contributed by atoms with Crippen molar-refractivity contribution in [1.82, 2.24) is 10.6 Å². The molecule has 7 heteroatoms. The van der Waals surface area contributed by atoms with Crippen LogP contribution in [0.2, 0.25) is 0 Å². The van der Waals surface area contributed by atoms with E-state index >= 15 is 0 Å². The quantitative estimate of drug-likeness (QED) is 0.699. The van der Waals surface area contributed by atoms with Crippen molar-refractivity contribution in [1.29, 1.82) is 0 Å². The number of esters is 1. The van der Waals surface area contributed by atoms with E-state index in [0.717, 1.165) is 23.6 Å². The molecule has 1 aromatic carbocycles. The fourth-order valence-electron chi connectivity index (χ4n) is 2.95. The van der Waals surface area contributed by atoms with Gasteiger partial charge in [0, 0.05) is 30.5 Å². The fraction of sp³-hybridized carbons (Fsp3) is 0.600. The van der Waals surface area contributed by atoms with Gasteiger partial charge in [-0.15, -0.1) is 12.4 Å². The Bertz CT molecular complexity index is 611. The van der Waals surface area contributed by atoms with Gasteiger partial charge in [0.2, 0.25) is 5.91 Å². The molecular weight excluding hydrogens is 384 g/mol. The largest absolute Gasteiger partial charge is 0.469 e. The Hall–Kier alpha value is -1.24. The summed E-state index contributed by atoms with van der Waals surface area (Å²) in [6.07, 6.45) is 0.550. The molecule has 0 bridgehead atoms. The smallest absolute Gasteiger partial charge is 0.307 e. The summed E-state index contributed by atoms with van der Waals surface area (Å²) < 4.78 is 4.81. The van der Waals surface area contributed by atoms with E-state index in [4.69, 9.17) is 4.74 Å². The molecule has 1 heterocycles. The second kappa shape index (κ2) is 10.9. The lowest BCUT2D eigenvalue weighted by atomic mass is 9.86. The minimum Gasteiger partial charge on any atom is -0.469 e. The Balaban J connectivity index is 0.00000364. The molecule has 1 aliphatic heterocycles. The maximum atomic E-state index is 12.5. The van der Waals surface area contributed by atoms with Crippen molar-refractivity contribution in [2.45, 2.75) is 51.1 Å². The molecule has 1 aromatic rings. The first kappa shape index (κ1) is 23.8. The summed E-state index contributed by atoms with van der Waals surface area (Å²) >= 11 is 1.86. The second-order valence-corrected chi connectivity index (χ2v) is 8.85. The molecule has 152 valence electrons. The van der Waals surface area contributed by atoms with Gasteiger partial charge in [0.1, 0.15) is 0 Å². The normalized spacial score (nSPS) is 18.1. The molecule has 0 spiro atoms. The van der Waals surface area contributed by atoms with Crippen molar-refractivity contribution in [2.75, 3.05) is 25.2 Å². The highest BCUT2D eigenvalue weighted by molar-refractivity contribution is 7.99. The highest BCUT2D eigenvalue weighted by atomic mass is 35.5. The van der Waals surface area contributed by atoms with Crippen LogP contribution in [0.1, 0.15) is 50.8 Å². The zero-order valence-corrected chi connectivity index (χ0v) is 18.2. The number of thioether (sulfide) groups is 1. The maximum Gasteiger partial charge on any atom is 0.307 e. The van der Waals surface area contributed by atoms with E-state index in [1.165, 1.54) is 12.7 Å². The summed E-state index contributed by atoms with van der Waals surface area (Å²) in [5.74, 6) is 1.65. The van der Waals surface area contributed by atoms with Crippen LogP contribution >= 0.6 is 24.2 Å². The molecule has 0 aromatic heterocycles. The first-order chi connectivity index (χ1) is 12.3. The number of benzene rings is 1. The summed E-state index contributed by atoms with van der Waals surface area (Å²) in [4.78, 5) is 24.3. The summed E-state index contributed by atoms with van der Waals surface area (Å²) in [5.41, 5.74) is 2.19. The number of amides is 1. The Labute approximate surface area is 172 Å². The highest BCUT2D eigenvalue weighted by Crippen LogP contribution is 2.25. The van der Waals surface area contributed by atoms with Crippen molar-refractivity contribution < 1.29 is 14.3 Å². The Morgan fingerprint density at radius 3 is 2.48 bits per heavy atom. The molecule has 1 saturated heterocycles. The zero-order chi connectivity index (χ0) is 19.2. The van der Waals surface area contributed by atoms with Crippen LogP contribution in [0, 0.1) is 0 Å². The zero-order valence-electron chi connectivity index (χ0n) is 16.5. The molecule has 2 rings (SSSR count). The van der Waals surface area contributed by atoms with Crippen molar-refractivity contribution in [3.05, 3.63) is 35.4 Å². The predicted octanol–water partition coefficient (Wildman–Crippen LogP) is 3.22. The number of carbonyl (C=O) groups is 2. The first-order valence-corrected chi connectivity index (χ1v) is 10.2. The molecule has 1 amide bonds. The van der Waals surface area contributed by atoms with E-state index in [1.54, 1.807) is 0 Å². The first-order valence-electron chi connectivity index (χ1n) is 9.07. The third-order valence-electron chi connectivity index (χ3n) is 4.54. The van der Waals surface area contributed by atoms with E-state index in [0.29, 0.717) is 6.42 Å². The SMILES string of the molecule is COC(=O)CC(NC(=O)CC1CSCCN1)c1ccc(C(C)(C)C)cc1.Cl. The number of hydrogen-bond donors (Lipinski definition) is 2. The number of hydrogen-bond acceptors (Lipinski definition) is 5. The Morgan fingerprint density at radius 2 is 1.96 bits per heavy atom. The van der Waals surface area contributed by atoms with Gasteiger partial charge < -0.3 is 15.4 Å². The lowest BCUT2D eigenvalue weighted by Crippen LogP contribution is -2.42. The van der Waals surface area contributed by atoms with Crippen molar-refractivity contribution >= 4 is 36.0 Å². The van der Waals surface area contributed by atoms with Crippen LogP contribution in [0.5, 0.6) is 0 Å². The maximum absolute atomic E-state index is 12.5. The van der Waals surface area contributed by atoms with Crippen LogP contribution in [0.15, 0.2) is 24.3 Å². The average Bonchev–Trinajstić information content (AvgIpc) is 2.61. The molecular formula is C20H31ClN2O3S. The topological polar surface area (TPSA) is 67.4 Å². The van der Waals surface area contributed by atoms with Gasteiger partial charge >= 0.3 is 5.97 Å². The van der Waals surface area contributed by atoms with Gasteiger partial charge in [0.15, 0.2) is 0 Å². The summed E-state index contributed by atoms with van der Waals surface area (Å²) in [6.45, 7) is 7.41. The van der Waals surface area contributed by atoms with Gasteiger partial charge in [-0.05, 0) is 16.5 Å². The van der Waals surface area contributed by atoms with Gasteiger partial charge in [0.25, 0.3) is 0 Å². The third kappa shape index (κ3) is 7.72. The molecule has 2 unspecified atom stereocenters. The number of carbonyl (C=O) groups excluding carboxylic acids is 2. The molecule has 2 N–H and O–H groups in total. The molecule has 5 nitrogen and oxygen atoms in total. The van der Waals surface area contributed by atoms with Crippen LogP contribution in [0.3, 0.4) is 0 Å². The van der Waals surface area contributed by atoms with E-state index in [2.05, 4.69) is 43.5 Å². The van der Waals surface area contributed by atoms with Crippen molar-refractivity contribution in [3.8, 4) is 0 Å². The van der Waals surface area contributed by atoms with Crippen molar-refractivity contribution in [2.24, 2.45) is 0 Å². The predicted molar refractivity (Wildman–Crippen MR) is 114 cm³/mol. The number of rotatable bonds is 6. The minimum atomic E-state index is -0.375. The number of ether oxygens (including phenoxy) is 1. The van der Waals surface area contributed by atoms with Crippen LogP contribution < -0.4 is 10.6 Å². The number of methoxy groups -OCH3 is 1. The third-order valence-corrected chi connectivity index (χ3v) is 5.67. The van der Waals surface area contributed by atoms with E-state index in [-0.39, 0.29) is 48.2 Å². The van der Waals surface area contributed by atoms with Crippen LogP contribution in [-0.2, 0) is 19.7 Å². The molecule has 0 saturated carbocycles. The molecule has 1 aliphatic rings. The van der Waals surface area contributed by atoms with Crippen LogP contribution in [-0.4, -0.2) is 43.1 Å². The number of nitrogens with one attached hydrogen (secondary N) is 2.